The molecule has 22 heavy (non-hydrogen) atoms. The molecule has 0 aliphatic rings. The van der Waals surface area contributed by atoms with Crippen molar-refractivity contribution in [1.82, 2.24) is 4.98 Å². The summed E-state index contributed by atoms with van der Waals surface area (Å²) in [5.74, 6) is 0.0638. The van der Waals surface area contributed by atoms with E-state index in [1.807, 2.05) is 0 Å². The number of anilines is 1. The number of benzene rings is 1. The Kier molecular flexibility index (Phi) is 4.82. The van der Waals surface area contributed by atoms with E-state index in [2.05, 4.69) is 25.6 Å². The van der Waals surface area contributed by atoms with E-state index < -0.39 is 10.0 Å². The standard InChI is InChI=1S/C14H13BrN2O4S/c1-21-13-7-9(3-4-16-13)14(18)10-5-11(15)8-12(6-10)17-22(2,19)20/h3-8,17H,1-2H3. The zero-order valence-corrected chi connectivity index (χ0v) is 14.2. The number of pyridine rings is 1. The lowest BCUT2D eigenvalue weighted by Crippen LogP contribution is -2.10. The van der Waals surface area contributed by atoms with E-state index in [0.717, 1.165) is 6.26 Å². The number of carbonyl (C=O) groups is 1. The minimum absolute atomic E-state index is 0.265. The molecule has 0 atom stereocenters. The van der Waals surface area contributed by atoms with Gasteiger partial charge in [0, 0.05) is 27.9 Å². The zero-order valence-electron chi connectivity index (χ0n) is 11.8. The fourth-order valence-corrected chi connectivity index (χ4v) is 2.86. The van der Waals surface area contributed by atoms with Gasteiger partial charge in [-0.25, -0.2) is 13.4 Å². The number of ketones is 1. The third kappa shape index (κ3) is 4.28. The number of nitrogens with one attached hydrogen (secondary N) is 1. The minimum Gasteiger partial charge on any atom is -0.481 e. The average Bonchev–Trinajstić information content (AvgIpc) is 2.44. The van der Waals surface area contributed by atoms with Gasteiger partial charge in [-0.3, -0.25) is 9.52 Å². The Morgan fingerprint density at radius 3 is 2.59 bits per heavy atom. The van der Waals surface area contributed by atoms with Crippen molar-refractivity contribution in [3.8, 4) is 5.88 Å². The molecule has 0 bridgehead atoms. The van der Waals surface area contributed by atoms with Gasteiger partial charge in [0.1, 0.15) is 0 Å². The molecule has 1 N–H and O–H groups in total. The number of ether oxygens (including phenoxy) is 1. The maximum absolute atomic E-state index is 12.5. The molecule has 2 aromatic rings. The highest BCUT2D eigenvalue weighted by molar-refractivity contribution is 9.10. The number of carbonyl (C=O) groups excluding carboxylic acids is 1. The van der Waals surface area contributed by atoms with Crippen LogP contribution in [0.2, 0.25) is 0 Å². The Balaban J connectivity index is 2.41. The van der Waals surface area contributed by atoms with E-state index in [4.69, 9.17) is 4.74 Å². The molecule has 2 rings (SSSR count). The van der Waals surface area contributed by atoms with Crippen molar-refractivity contribution in [2.45, 2.75) is 0 Å². The summed E-state index contributed by atoms with van der Waals surface area (Å²) in [6.45, 7) is 0. The van der Waals surface area contributed by atoms with Crippen LogP contribution >= 0.6 is 15.9 Å². The molecular formula is C14H13BrN2O4S. The Morgan fingerprint density at radius 1 is 1.23 bits per heavy atom. The Labute approximate surface area is 136 Å². The smallest absolute Gasteiger partial charge is 0.229 e. The van der Waals surface area contributed by atoms with Gasteiger partial charge in [0.2, 0.25) is 15.9 Å². The summed E-state index contributed by atoms with van der Waals surface area (Å²) < 4.78 is 30.5. The van der Waals surface area contributed by atoms with Crippen LogP contribution in [0.4, 0.5) is 5.69 Å². The summed E-state index contributed by atoms with van der Waals surface area (Å²) in [5.41, 5.74) is 1.05. The molecule has 0 saturated heterocycles. The van der Waals surface area contributed by atoms with Crippen molar-refractivity contribution < 1.29 is 17.9 Å². The second-order valence-corrected chi connectivity index (χ2v) is 7.18. The first-order chi connectivity index (χ1) is 10.3. The van der Waals surface area contributed by atoms with Crippen LogP contribution in [0.5, 0.6) is 5.88 Å². The Morgan fingerprint density at radius 2 is 1.95 bits per heavy atom. The first kappa shape index (κ1) is 16.4. The minimum atomic E-state index is -3.42. The van der Waals surface area contributed by atoms with Crippen LogP contribution in [-0.2, 0) is 10.0 Å². The summed E-state index contributed by atoms with van der Waals surface area (Å²) in [7, 11) is -1.96. The zero-order chi connectivity index (χ0) is 16.3. The summed E-state index contributed by atoms with van der Waals surface area (Å²) in [6, 6.07) is 7.75. The van der Waals surface area contributed by atoms with Crippen LogP contribution in [0.15, 0.2) is 41.0 Å². The molecule has 0 radical (unpaired) electrons. The molecule has 1 aromatic carbocycles. The fourth-order valence-electron chi connectivity index (χ4n) is 1.82. The number of methoxy groups -OCH3 is 1. The van der Waals surface area contributed by atoms with Gasteiger partial charge in [0.15, 0.2) is 5.78 Å². The summed E-state index contributed by atoms with van der Waals surface area (Å²) in [4.78, 5) is 16.4. The van der Waals surface area contributed by atoms with E-state index in [1.165, 1.54) is 25.4 Å². The predicted octanol–water partition coefficient (Wildman–Crippen LogP) is 2.46. The SMILES string of the molecule is COc1cc(C(=O)c2cc(Br)cc(NS(C)(=O)=O)c2)ccn1. The molecule has 1 aromatic heterocycles. The highest BCUT2D eigenvalue weighted by Gasteiger charge is 2.13. The number of sulfonamides is 1. The number of rotatable bonds is 5. The highest BCUT2D eigenvalue weighted by atomic mass is 79.9. The molecule has 0 aliphatic carbocycles. The largest absolute Gasteiger partial charge is 0.481 e. The number of hydrogen-bond donors (Lipinski definition) is 1. The first-order valence-corrected chi connectivity index (χ1v) is 8.80. The lowest BCUT2D eigenvalue weighted by atomic mass is 10.0. The normalized spacial score (nSPS) is 11.0. The molecular weight excluding hydrogens is 372 g/mol. The lowest BCUT2D eigenvalue weighted by Gasteiger charge is -2.08. The summed E-state index contributed by atoms with van der Waals surface area (Å²) >= 11 is 3.27. The quantitative estimate of drug-likeness (QED) is 0.800. The third-order valence-electron chi connectivity index (χ3n) is 2.67. The van der Waals surface area contributed by atoms with Crippen molar-refractivity contribution in [3.63, 3.8) is 0 Å². The van der Waals surface area contributed by atoms with E-state index in [1.54, 1.807) is 18.2 Å². The molecule has 8 heteroatoms. The van der Waals surface area contributed by atoms with Crippen molar-refractivity contribution in [1.29, 1.82) is 0 Å². The summed E-state index contributed by atoms with van der Waals surface area (Å²) in [6.07, 6.45) is 2.52. The van der Waals surface area contributed by atoms with Gasteiger partial charge in [0.05, 0.1) is 19.1 Å². The fraction of sp³-hybridized carbons (Fsp3) is 0.143. The highest BCUT2D eigenvalue weighted by Crippen LogP contribution is 2.23. The number of nitrogens with zero attached hydrogens (tertiary/aromatic N) is 1. The molecule has 0 unspecified atom stereocenters. The molecule has 116 valence electrons. The van der Waals surface area contributed by atoms with Gasteiger partial charge in [0.25, 0.3) is 0 Å². The predicted molar refractivity (Wildman–Crippen MR) is 86.8 cm³/mol. The van der Waals surface area contributed by atoms with Gasteiger partial charge >= 0.3 is 0 Å². The van der Waals surface area contributed by atoms with E-state index >= 15 is 0 Å². The van der Waals surface area contributed by atoms with Gasteiger partial charge in [-0.15, -0.1) is 0 Å². The van der Waals surface area contributed by atoms with Crippen LogP contribution in [0.1, 0.15) is 15.9 Å². The van der Waals surface area contributed by atoms with E-state index in [0.29, 0.717) is 27.2 Å². The monoisotopic (exact) mass is 384 g/mol. The maximum Gasteiger partial charge on any atom is 0.229 e. The maximum atomic E-state index is 12.5. The second kappa shape index (κ2) is 6.45. The summed E-state index contributed by atoms with van der Waals surface area (Å²) in [5, 5.41) is 0. The molecule has 6 nitrogen and oxygen atoms in total. The second-order valence-electron chi connectivity index (χ2n) is 4.52. The van der Waals surface area contributed by atoms with Gasteiger partial charge in [-0.05, 0) is 24.3 Å². The molecule has 0 saturated carbocycles. The topological polar surface area (TPSA) is 85.4 Å². The van der Waals surface area contributed by atoms with Crippen LogP contribution in [0.3, 0.4) is 0 Å². The van der Waals surface area contributed by atoms with E-state index in [9.17, 15) is 13.2 Å². The third-order valence-corrected chi connectivity index (χ3v) is 3.73. The van der Waals surface area contributed by atoms with Crippen molar-refractivity contribution in [3.05, 3.63) is 52.1 Å². The molecule has 0 spiro atoms. The number of halogens is 1. The molecule has 0 aliphatic heterocycles. The van der Waals surface area contributed by atoms with Gasteiger partial charge < -0.3 is 4.74 Å². The van der Waals surface area contributed by atoms with Crippen LogP contribution < -0.4 is 9.46 Å². The average molecular weight is 385 g/mol. The Hall–Kier alpha value is -1.93. The van der Waals surface area contributed by atoms with Gasteiger partial charge in [-0.1, -0.05) is 15.9 Å². The molecule has 0 fully saturated rings. The van der Waals surface area contributed by atoms with Crippen LogP contribution in [0.25, 0.3) is 0 Å². The molecule has 0 amide bonds. The van der Waals surface area contributed by atoms with Crippen LogP contribution in [0, 0.1) is 0 Å². The van der Waals surface area contributed by atoms with Crippen molar-refractivity contribution in [2.24, 2.45) is 0 Å². The van der Waals surface area contributed by atoms with Crippen LogP contribution in [-0.4, -0.2) is 32.6 Å². The number of hydrogen-bond acceptors (Lipinski definition) is 5. The number of aromatic nitrogens is 1. The molecule has 1 heterocycles. The lowest BCUT2D eigenvalue weighted by molar-refractivity contribution is 0.103. The van der Waals surface area contributed by atoms with Crippen molar-refractivity contribution >= 4 is 37.4 Å². The van der Waals surface area contributed by atoms with E-state index in [-0.39, 0.29) is 5.78 Å². The van der Waals surface area contributed by atoms with Gasteiger partial charge in [-0.2, -0.15) is 0 Å². The Bertz CT molecular complexity index is 821. The van der Waals surface area contributed by atoms with Crippen molar-refractivity contribution in [2.75, 3.05) is 18.1 Å². The first-order valence-electron chi connectivity index (χ1n) is 6.11.